The summed E-state index contributed by atoms with van der Waals surface area (Å²) in [5, 5.41) is 0.663. The van der Waals surface area contributed by atoms with Crippen LogP contribution in [0.5, 0.6) is 0 Å². The van der Waals surface area contributed by atoms with Crippen LogP contribution in [0.25, 0.3) is 10.2 Å². The van der Waals surface area contributed by atoms with E-state index >= 15 is 0 Å². The quantitative estimate of drug-likeness (QED) is 0.693. The molecule has 27 heavy (non-hydrogen) atoms. The molecule has 0 N–H and O–H groups in total. The Morgan fingerprint density at radius 3 is 2.89 bits per heavy atom. The van der Waals surface area contributed by atoms with Gasteiger partial charge in [0.15, 0.2) is 5.13 Å². The number of benzene rings is 1. The van der Waals surface area contributed by atoms with Crippen molar-refractivity contribution < 1.29 is 19.0 Å². The number of aromatic nitrogens is 1. The Labute approximate surface area is 169 Å². The Hall–Kier alpha value is -1.68. The maximum Gasteiger partial charge on any atom is 0.298 e. The SMILES string of the molecule is O=C(C1=COCCO1)N(CCN1CCOCC1)c1nc2ccc(Br)cc2s1. The summed E-state index contributed by atoms with van der Waals surface area (Å²) in [6.45, 7) is 5.31. The molecule has 0 aliphatic carbocycles. The molecule has 2 aliphatic rings. The number of anilines is 1. The highest BCUT2D eigenvalue weighted by atomic mass is 79.9. The van der Waals surface area contributed by atoms with Gasteiger partial charge in [0.2, 0.25) is 5.76 Å². The summed E-state index contributed by atoms with van der Waals surface area (Å²) >= 11 is 4.98. The fourth-order valence-electron chi connectivity index (χ4n) is 2.97. The summed E-state index contributed by atoms with van der Waals surface area (Å²) < 4.78 is 18.2. The first-order valence-corrected chi connectivity index (χ1v) is 10.4. The van der Waals surface area contributed by atoms with Gasteiger partial charge in [0, 0.05) is 30.7 Å². The van der Waals surface area contributed by atoms with Crippen LogP contribution in [0, 0.1) is 0 Å². The van der Waals surface area contributed by atoms with E-state index in [-0.39, 0.29) is 11.7 Å². The van der Waals surface area contributed by atoms with Gasteiger partial charge < -0.3 is 14.2 Å². The molecule has 4 rings (SSSR count). The molecule has 144 valence electrons. The summed E-state index contributed by atoms with van der Waals surface area (Å²) in [6.07, 6.45) is 1.40. The number of hydrogen-bond acceptors (Lipinski definition) is 7. The molecule has 0 spiro atoms. The molecule has 0 atom stereocenters. The number of rotatable bonds is 5. The maximum absolute atomic E-state index is 13.1. The zero-order chi connectivity index (χ0) is 18.6. The van der Waals surface area contributed by atoms with Crippen molar-refractivity contribution in [2.75, 3.05) is 57.5 Å². The normalized spacial score (nSPS) is 17.9. The highest BCUT2D eigenvalue weighted by molar-refractivity contribution is 9.10. The lowest BCUT2D eigenvalue weighted by atomic mass is 10.3. The molecule has 3 heterocycles. The predicted octanol–water partition coefficient (Wildman–Crippen LogP) is 2.61. The molecule has 9 heteroatoms. The summed E-state index contributed by atoms with van der Waals surface area (Å²) in [4.78, 5) is 21.7. The largest absolute Gasteiger partial charge is 0.494 e. The number of amides is 1. The first-order valence-electron chi connectivity index (χ1n) is 8.83. The standard InChI is InChI=1S/C18H20BrN3O4S/c19-13-1-2-14-16(11-13)27-18(20-14)22(4-3-21-5-7-24-8-6-21)17(23)15-12-25-9-10-26-15/h1-2,11-12H,3-10H2. The average Bonchev–Trinajstić information content (AvgIpc) is 3.12. The second kappa shape index (κ2) is 8.55. The third-order valence-corrected chi connectivity index (χ3v) is 5.95. The molecule has 1 aromatic heterocycles. The van der Waals surface area contributed by atoms with Crippen molar-refractivity contribution in [3.05, 3.63) is 34.7 Å². The Balaban J connectivity index is 1.59. The molecule has 7 nitrogen and oxygen atoms in total. The van der Waals surface area contributed by atoms with Crippen LogP contribution in [-0.2, 0) is 19.0 Å². The van der Waals surface area contributed by atoms with E-state index in [4.69, 9.17) is 14.2 Å². The highest BCUT2D eigenvalue weighted by Gasteiger charge is 2.27. The number of morpholine rings is 1. The van der Waals surface area contributed by atoms with Crippen LogP contribution in [-0.4, -0.2) is 68.4 Å². The average molecular weight is 454 g/mol. The van der Waals surface area contributed by atoms with Gasteiger partial charge >= 0.3 is 0 Å². The first-order chi connectivity index (χ1) is 13.2. The maximum atomic E-state index is 13.1. The Kier molecular flexibility index (Phi) is 5.92. The smallest absolute Gasteiger partial charge is 0.298 e. The van der Waals surface area contributed by atoms with Gasteiger partial charge in [0.1, 0.15) is 19.5 Å². The Morgan fingerprint density at radius 1 is 1.26 bits per heavy atom. The number of fused-ring (bicyclic) bond motifs is 1. The van der Waals surface area contributed by atoms with Crippen molar-refractivity contribution in [2.24, 2.45) is 0 Å². The second-order valence-electron chi connectivity index (χ2n) is 6.22. The van der Waals surface area contributed by atoms with Crippen LogP contribution in [0.15, 0.2) is 34.7 Å². The molecule has 1 aromatic carbocycles. The fraction of sp³-hybridized carbons (Fsp3) is 0.444. The molecular formula is C18H20BrN3O4S. The zero-order valence-corrected chi connectivity index (χ0v) is 17.1. The molecule has 1 amide bonds. The van der Waals surface area contributed by atoms with Crippen molar-refractivity contribution >= 4 is 48.5 Å². The molecule has 1 fully saturated rings. The van der Waals surface area contributed by atoms with Gasteiger partial charge in [-0.2, -0.15) is 0 Å². The van der Waals surface area contributed by atoms with Gasteiger partial charge in [-0.05, 0) is 18.2 Å². The van der Waals surface area contributed by atoms with Crippen LogP contribution in [0.4, 0.5) is 5.13 Å². The van der Waals surface area contributed by atoms with E-state index in [1.54, 1.807) is 4.90 Å². The van der Waals surface area contributed by atoms with Gasteiger partial charge in [-0.25, -0.2) is 4.98 Å². The summed E-state index contributed by atoms with van der Waals surface area (Å²) in [7, 11) is 0. The van der Waals surface area contributed by atoms with Crippen LogP contribution in [0.1, 0.15) is 0 Å². The molecule has 0 saturated carbocycles. The van der Waals surface area contributed by atoms with Crippen LogP contribution in [0.2, 0.25) is 0 Å². The molecule has 0 radical (unpaired) electrons. The summed E-state index contributed by atoms with van der Waals surface area (Å²) in [6, 6.07) is 5.91. The third kappa shape index (κ3) is 4.43. The van der Waals surface area contributed by atoms with Crippen LogP contribution in [0.3, 0.4) is 0 Å². The van der Waals surface area contributed by atoms with Crippen molar-refractivity contribution in [3.63, 3.8) is 0 Å². The Morgan fingerprint density at radius 2 is 2.11 bits per heavy atom. The van der Waals surface area contributed by atoms with Gasteiger partial charge in [-0.1, -0.05) is 27.3 Å². The lowest BCUT2D eigenvalue weighted by Crippen LogP contribution is -2.44. The number of nitrogens with zero attached hydrogens (tertiary/aromatic N) is 3. The number of carbonyl (C=O) groups is 1. The monoisotopic (exact) mass is 453 g/mol. The topological polar surface area (TPSA) is 64.1 Å². The number of halogens is 1. The number of carbonyl (C=O) groups excluding carboxylic acids is 1. The van der Waals surface area contributed by atoms with E-state index in [2.05, 4.69) is 25.8 Å². The molecule has 2 aliphatic heterocycles. The van der Waals surface area contributed by atoms with E-state index < -0.39 is 0 Å². The van der Waals surface area contributed by atoms with Crippen molar-refractivity contribution in [3.8, 4) is 0 Å². The van der Waals surface area contributed by atoms with E-state index in [1.807, 2.05) is 18.2 Å². The lowest BCUT2D eigenvalue weighted by Gasteiger charge is -2.29. The lowest BCUT2D eigenvalue weighted by molar-refractivity contribution is -0.119. The highest BCUT2D eigenvalue weighted by Crippen LogP contribution is 2.31. The molecule has 0 bridgehead atoms. The first kappa shape index (κ1) is 18.7. The van der Waals surface area contributed by atoms with Crippen molar-refractivity contribution in [1.29, 1.82) is 0 Å². The number of ether oxygens (including phenoxy) is 3. The molecule has 0 unspecified atom stereocenters. The Bertz CT molecular complexity index is 850. The fourth-order valence-corrected chi connectivity index (χ4v) is 4.51. The second-order valence-corrected chi connectivity index (χ2v) is 8.15. The van der Waals surface area contributed by atoms with Crippen LogP contribution >= 0.6 is 27.3 Å². The van der Waals surface area contributed by atoms with Crippen molar-refractivity contribution in [1.82, 2.24) is 9.88 Å². The minimum absolute atomic E-state index is 0.221. The van der Waals surface area contributed by atoms with Gasteiger partial charge in [0.25, 0.3) is 5.91 Å². The molecular weight excluding hydrogens is 434 g/mol. The van der Waals surface area contributed by atoms with E-state index in [9.17, 15) is 4.79 Å². The van der Waals surface area contributed by atoms with E-state index in [0.29, 0.717) is 24.9 Å². The zero-order valence-electron chi connectivity index (χ0n) is 14.7. The van der Waals surface area contributed by atoms with Gasteiger partial charge in [-0.3, -0.25) is 14.6 Å². The number of hydrogen-bond donors (Lipinski definition) is 0. The van der Waals surface area contributed by atoms with Crippen molar-refractivity contribution in [2.45, 2.75) is 0 Å². The minimum atomic E-state index is -0.221. The molecule has 2 aromatic rings. The van der Waals surface area contributed by atoms with E-state index in [1.165, 1.54) is 17.6 Å². The minimum Gasteiger partial charge on any atom is -0.494 e. The predicted molar refractivity (Wildman–Crippen MR) is 107 cm³/mol. The van der Waals surface area contributed by atoms with Crippen LogP contribution < -0.4 is 4.90 Å². The third-order valence-electron chi connectivity index (χ3n) is 4.42. The number of thiazole rings is 1. The van der Waals surface area contributed by atoms with Gasteiger partial charge in [0.05, 0.1) is 23.4 Å². The summed E-state index contributed by atoms with van der Waals surface area (Å²) in [5.74, 6) is 0.00439. The molecule has 1 saturated heterocycles. The van der Waals surface area contributed by atoms with Gasteiger partial charge in [-0.15, -0.1) is 0 Å². The van der Waals surface area contributed by atoms with E-state index in [0.717, 1.165) is 47.5 Å². The summed E-state index contributed by atoms with van der Waals surface area (Å²) in [5.41, 5.74) is 0.872.